The molecular formula is C13H11ClFN3S. The molecule has 98 valence electrons. The maximum absolute atomic E-state index is 13.0. The highest BCUT2D eigenvalue weighted by molar-refractivity contribution is 7.80. The largest absolute Gasteiger partial charge is 0.332 e. The molecular weight excluding hydrogens is 285 g/mol. The van der Waals surface area contributed by atoms with E-state index in [-0.39, 0.29) is 5.02 Å². The van der Waals surface area contributed by atoms with E-state index in [0.717, 1.165) is 5.56 Å². The van der Waals surface area contributed by atoms with Crippen molar-refractivity contribution in [2.45, 2.75) is 6.92 Å². The van der Waals surface area contributed by atoms with Gasteiger partial charge in [-0.05, 0) is 49.0 Å². The molecule has 0 saturated carbocycles. The van der Waals surface area contributed by atoms with E-state index in [1.54, 1.807) is 12.3 Å². The second-order valence-electron chi connectivity index (χ2n) is 3.93. The summed E-state index contributed by atoms with van der Waals surface area (Å²) in [5.41, 5.74) is 1.67. The number of hydrogen-bond donors (Lipinski definition) is 2. The molecule has 0 saturated heterocycles. The van der Waals surface area contributed by atoms with Crippen molar-refractivity contribution in [1.29, 1.82) is 0 Å². The molecule has 0 aliphatic carbocycles. The fourth-order valence-electron chi connectivity index (χ4n) is 1.39. The summed E-state index contributed by atoms with van der Waals surface area (Å²) in [5.74, 6) is 0.169. The van der Waals surface area contributed by atoms with Gasteiger partial charge in [-0.3, -0.25) is 0 Å². The number of benzene rings is 1. The highest BCUT2D eigenvalue weighted by atomic mass is 35.5. The van der Waals surface area contributed by atoms with Crippen LogP contribution in [0.5, 0.6) is 0 Å². The van der Waals surface area contributed by atoms with Crippen molar-refractivity contribution in [2.75, 3.05) is 10.6 Å². The first kappa shape index (κ1) is 13.7. The topological polar surface area (TPSA) is 37.0 Å². The lowest BCUT2D eigenvalue weighted by molar-refractivity contribution is 0.628. The molecule has 3 nitrogen and oxygen atoms in total. The molecule has 0 atom stereocenters. The Morgan fingerprint density at radius 2 is 2.05 bits per heavy atom. The number of halogens is 2. The SMILES string of the molecule is Cc1ccc(NC(=S)Nc2ccc(F)c(Cl)c2)nc1. The fourth-order valence-corrected chi connectivity index (χ4v) is 1.80. The summed E-state index contributed by atoms with van der Waals surface area (Å²) in [6.07, 6.45) is 1.74. The number of aromatic nitrogens is 1. The number of nitrogens with one attached hydrogen (secondary N) is 2. The molecule has 0 aliphatic rings. The van der Waals surface area contributed by atoms with E-state index >= 15 is 0 Å². The molecule has 2 N–H and O–H groups in total. The van der Waals surface area contributed by atoms with Crippen LogP contribution >= 0.6 is 23.8 Å². The van der Waals surface area contributed by atoms with Gasteiger partial charge in [-0.15, -0.1) is 0 Å². The third-order valence-electron chi connectivity index (χ3n) is 2.33. The van der Waals surface area contributed by atoms with Crippen LogP contribution in [0.25, 0.3) is 0 Å². The lowest BCUT2D eigenvalue weighted by Gasteiger charge is -2.10. The minimum atomic E-state index is -0.466. The molecule has 2 rings (SSSR count). The predicted molar refractivity (Wildman–Crippen MR) is 80.2 cm³/mol. The Balaban J connectivity index is 2.01. The van der Waals surface area contributed by atoms with E-state index in [9.17, 15) is 4.39 Å². The van der Waals surface area contributed by atoms with Crippen molar-refractivity contribution in [3.63, 3.8) is 0 Å². The van der Waals surface area contributed by atoms with Crippen LogP contribution in [-0.4, -0.2) is 10.1 Å². The summed E-state index contributed by atoms with van der Waals surface area (Å²) in [6, 6.07) is 8.04. The number of anilines is 2. The van der Waals surface area contributed by atoms with Crippen LogP contribution in [0.2, 0.25) is 5.02 Å². The average Bonchev–Trinajstić information content (AvgIpc) is 2.37. The minimum Gasteiger partial charge on any atom is -0.332 e. The third-order valence-corrected chi connectivity index (χ3v) is 2.82. The zero-order valence-electron chi connectivity index (χ0n) is 10.1. The van der Waals surface area contributed by atoms with Gasteiger partial charge in [0.25, 0.3) is 0 Å². The molecule has 0 bridgehead atoms. The molecule has 0 unspecified atom stereocenters. The molecule has 2 aromatic rings. The van der Waals surface area contributed by atoms with Crippen LogP contribution in [-0.2, 0) is 0 Å². The van der Waals surface area contributed by atoms with Gasteiger partial charge in [0.2, 0.25) is 0 Å². The van der Waals surface area contributed by atoms with Gasteiger partial charge in [0.15, 0.2) is 5.11 Å². The molecule has 0 aliphatic heterocycles. The normalized spacial score (nSPS) is 10.1. The van der Waals surface area contributed by atoms with E-state index in [1.165, 1.54) is 12.1 Å². The van der Waals surface area contributed by atoms with Crippen molar-refractivity contribution >= 4 is 40.4 Å². The average molecular weight is 296 g/mol. The Morgan fingerprint density at radius 3 is 2.68 bits per heavy atom. The van der Waals surface area contributed by atoms with Gasteiger partial charge in [-0.25, -0.2) is 9.37 Å². The first-order chi connectivity index (χ1) is 9.04. The second kappa shape index (κ2) is 5.95. The van der Waals surface area contributed by atoms with E-state index < -0.39 is 5.82 Å². The molecule has 1 aromatic heterocycles. The van der Waals surface area contributed by atoms with Crippen LogP contribution in [0.1, 0.15) is 5.56 Å². The zero-order valence-corrected chi connectivity index (χ0v) is 11.6. The van der Waals surface area contributed by atoms with E-state index in [0.29, 0.717) is 16.6 Å². The third kappa shape index (κ3) is 3.87. The summed E-state index contributed by atoms with van der Waals surface area (Å²) in [7, 11) is 0. The zero-order chi connectivity index (χ0) is 13.8. The Kier molecular flexibility index (Phi) is 4.29. The van der Waals surface area contributed by atoms with Crippen molar-refractivity contribution in [3.8, 4) is 0 Å². The molecule has 1 aromatic carbocycles. The van der Waals surface area contributed by atoms with E-state index in [1.807, 2.05) is 19.1 Å². The minimum absolute atomic E-state index is 0.0428. The van der Waals surface area contributed by atoms with Gasteiger partial charge in [0.05, 0.1) is 5.02 Å². The Hall–Kier alpha value is -1.72. The van der Waals surface area contributed by atoms with Gasteiger partial charge in [0, 0.05) is 11.9 Å². The first-order valence-corrected chi connectivity index (χ1v) is 6.29. The van der Waals surface area contributed by atoms with Crippen molar-refractivity contribution in [3.05, 3.63) is 52.9 Å². The van der Waals surface area contributed by atoms with Gasteiger partial charge in [0.1, 0.15) is 11.6 Å². The maximum atomic E-state index is 13.0. The van der Waals surface area contributed by atoms with Crippen LogP contribution in [0, 0.1) is 12.7 Å². The number of aryl methyl sites for hydroxylation is 1. The number of nitrogens with zero attached hydrogens (tertiary/aromatic N) is 1. The van der Waals surface area contributed by atoms with Crippen molar-refractivity contribution in [2.24, 2.45) is 0 Å². The van der Waals surface area contributed by atoms with Crippen LogP contribution in [0.3, 0.4) is 0 Å². The van der Waals surface area contributed by atoms with Gasteiger partial charge >= 0.3 is 0 Å². The van der Waals surface area contributed by atoms with Crippen LogP contribution in [0.15, 0.2) is 36.5 Å². The summed E-state index contributed by atoms with van der Waals surface area (Å²) < 4.78 is 13.0. The van der Waals surface area contributed by atoms with E-state index in [4.69, 9.17) is 23.8 Å². The van der Waals surface area contributed by atoms with Gasteiger partial charge < -0.3 is 10.6 Å². The van der Waals surface area contributed by atoms with Gasteiger partial charge in [-0.2, -0.15) is 0 Å². The number of thiocarbonyl (C=S) groups is 1. The van der Waals surface area contributed by atoms with Crippen molar-refractivity contribution in [1.82, 2.24) is 4.98 Å². The second-order valence-corrected chi connectivity index (χ2v) is 4.74. The summed E-state index contributed by atoms with van der Waals surface area (Å²) >= 11 is 10.8. The smallest absolute Gasteiger partial charge is 0.176 e. The monoisotopic (exact) mass is 295 g/mol. The summed E-state index contributed by atoms with van der Waals surface area (Å²) in [5, 5.41) is 6.23. The summed E-state index contributed by atoms with van der Waals surface area (Å²) in [6.45, 7) is 1.95. The predicted octanol–water partition coefficient (Wildman–Crippen LogP) is 3.99. The Morgan fingerprint density at radius 1 is 1.26 bits per heavy atom. The molecule has 0 radical (unpaired) electrons. The molecule has 0 spiro atoms. The quantitative estimate of drug-likeness (QED) is 0.822. The molecule has 1 heterocycles. The van der Waals surface area contributed by atoms with E-state index in [2.05, 4.69) is 15.6 Å². The number of rotatable bonds is 2. The Bertz CT molecular complexity index is 601. The first-order valence-electron chi connectivity index (χ1n) is 5.50. The molecule has 0 amide bonds. The van der Waals surface area contributed by atoms with Gasteiger partial charge in [-0.1, -0.05) is 17.7 Å². The van der Waals surface area contributed by atoms with Crippen LogP contribution < -0.4 is 10.6 Å². The highest BCUT2D eigenvalue weighted by Crippen LogP contribution is 2.19. The molecule has 6 heteroatoms. The Labute approximate surface area is 120 Å². The standard InChI is InChI=1S/C13H11ClFN3S/c1-8-2-5-12(16-7-8)18-13(19)17-9-3-4-11(15)10(14)6-9/h2-7H,1H3,(H2,16,17,18,19). The number of pyridine rings is 1. The molecule has 19 heavy (non-hydrogen) atoms. The summed E-state index contributed by atoms with van der Waals surface area (Å²) in [4.78, 5) is 4.17. The lowest BCUT2D eigenvalue weighted by atomic mass is 10.3. The van der Waals surface area contributed by atoms with Crippen LogP contribution in [0.4, 0.5) is 15.9 Å². The number of hydrogen-bond acceptors (Lipinski definition) is 2. The highest BCUT2D eigenvalue weighted by Gasteiger charge is 2.03. The fraction of sp³-hybridized carbons (Fsp3) is 0.0769. The molecule has 0 fully saturated rings. The lowest BCUT2D eigenvalue weighted by Crippen LogP contribution is -2.19. The van der Waals surface area contributed by atoms with Crippen molar-refractivity contribution < 1.29 is 4.39 Å². The maximum Gasteiger partial charge on any atom is 0.176 e.